The van der Waals surface area contributed by atoms with Gasteiger partial charge in [-0.05, 0) is 36.1 Å². The van der Waals surface area contributed by atoms with E-state index in [4.69, 9.17) is 22.7 Å². The number of carbonyl (C=O) groups is 2. The third kappa shape index (κ3) is 5.53. The van der Waals surface area contributed by atoms with E-state index in [0.717, 1.165) is 11.6 Å². The van der Waals surface area contributed by atoms with Crippen molar-refractivity contribution in [1.29, 1.82) is 5.41 Å². The van der Waals surface area contributed by atoms with Crippen LogP contribution in [0.15, 0.2) is 24.8 Å². The molecule has 1 fully saturated rings. The number of alkyl halides is 1. The summed E-state index contributed by atoms with van der Waals surface area (Å²) in [6.07, 6.45) is -0.253. The highest BCUT2D eigenvalue weighted by Crippen LogP contribution is 2.33. The fraction of sp³-hybridized carbons (Fsp3) is 0.440. The molecule has 0 radical (unpaired) electrons. The normalized spacial score (nSPS) is 17.7. The number of likely N-dealkylation sites (tertiary alicyclic amines) is 1. The topological polar surface area (TPSA) is 129 Å². The molecule has 0 unspecified atom stereocenters. The van der Waals surface area contributed by atoms with E-state index < -0.39 is 18.1 Å². The summed E-state index contributed by atoms with van der Waals surface area (Å²) in [5.41, 5.74) is 8.41. The summed E-state index contributed by atoms with van der Waals surface area (Å²) in [7, 11) is 1.68. The predicted octanol–water partition coefficient (Wildman–Crippen LogP) is 2.84. The molecular formula is C25H33ClFN7O2. The number of imidazole rings is 1. The number of aromatic nitrogens is 2. The number of nitrogens with two attached hydrogens (primary N) is 1. The summed E-state index contributed by atoms with van der Waals surface area (Å²) < 4.78 is 16.0. The maximum Gasteiger partial charge on any atom is 0.270 e. The average Bonchev–Trinajstić information content (AvgIpc) is 3.28. The minimum atomic E-state index is -1.38. The van der Waals surface area contributed by atoms with Gasteiger partial charge in [-0.1, -0.05) is 39.0 Å². The maximum atomic E-state index is 14.4. The number of rotatable bonds is 6. The van der Waals surface area contributed by atoms with Crippen molar-refractivity contribution in [2.24, 2.45) is 7.05 Å². The number of amides is 2. The van der Waals surface area contributed by atoms with Crippen molar-refractivity contribution in [3.63, 3.8) is 0 Å². The first-order chi connectivity index (χ1) is 16.7. The fourth-order valence-electron chi connectivity index (χ4n) is 4.26. The zero-order chi connectivity index (χ0) is 26.9. The average molecular weight is 518 g/mol. The molecule has 0 spiro atoms. The minimum Gasteiger partial charge on any atom is -0.398 e. The smallest absolute Gasteiger partial charge is 0.270 e. The molecule has 2 aromatic rings. The van der Waals surface area contributed by atoms with Gasteiger partial charge in [0.15, 0.2) is 0 Å². The van der Waals surface area contributed by atoms with Gasteiger partial charge in [0.2, 0.25) is 5.91 Å². The predicted molar refractivity (Wildman–Crippen MR) is 139 cm³/mol. The summed E-state index contributed by atoms with van der Waals surface area (Å²) in [6, 6.07) is 2.63. The number of benzene rings is 1. The first-order valence-corrected chi connectivity index (χ1v) is 11.9. The molecule has 2 heterocycles. The van der Waals surface area contributed by atoms with Crippen molar-refractivity contribution in [2.75, 3.05) is 18.8 Å². The lowest BCUT2D eigenvalue weighted by atomic mass is 9.85. The highest BCUT2D eigenvalue weighted by molar-refractivity contribution is 6.32. The number of amidine groups is 1. The van der Waals surface area contributed by atoms with Gasteiger partial charge in [0.25, 0.3) is 5.91 Å². The van der Waals surface area contributed by atoms with Gasteiger partial charge in [-0.3, -0.25) is 15.0 Å². The van der Waals surface area contributed by atoms with Gasteiger partial charge < -0.3 is 25.8 Å². The van der Waals surface area contributed by atoms with E-state index in [1.807, 2.05) is 26.8 Å². The van der Waals surface area contributed by atoms with E-state index in [0.29, 0.717) is 27.8 Å². The molecule has 0 bridgehead atoms. The Bertz CT molecular complexity index is 1220. The number of hydrogen-bond acceptors (Lipinski definition) is 5. The molecule has 1 aromatic carbocycles. The summed E-state index contributed by atoms with van der Waals surface area (Å²) >= 11 is 6.37. The quantitative estimate of drug-likeness (QED) is 0.203. The lowest BCUT2D eigenvalue weighted by molar-refractivity contribution is -0.125. The standard InChI is InChI=1S/C25H33ClFN7O2/c1-7-21(35)34-11-17(27)19(12-34)32-24(36)22-13(2)31-20(33(22)6)10-30-23(29)14-8-15(25(3,4)5)16(26)9-18(14)28/h7-9,17,19H,1,10-12,28H2,2-6H3,(H2,29,30)(H,32,36)/t17-,19+/m1/s1. The molecular weight excluding hydrogens is 485 g/mol. The summed E-state index contributed by atoms with van der Waals surface area (Å²) in [5.74, 6) is -0.254. The Morgan fingerprint density at radius 3 is 2.64 bits per heavy atom. The van der Waals surface area contributed by atoms with Gasteiger partial charge >= 0.3 is 0 Å². The number of hydrogen-bond donors (Lipinski definition) is 4. The number of aryl methyl sites for hydroxylation is 1. The van der Waals surface area contributed by atoms with Crippen LogP contribution in [0.5, 0.6) is 0 Å². The summed E-state index contributed by atoms with van der Waals surface area (Å²) in [5, 5.41) is 14.7. The van der Waals surface area contributed by atoms with Crippen molar-refractivity contribution in [3.8, 4) is 0 Å². The molecule has 2 atom stereocenters. The van der Waals surface area contributed by atoms with E-state index in [1.165, 1.54) is 4.90 Å². The molecule has 1 aliphatic heterocycles. The molecule has 11 heteroatoms. The van der Waals surface area contributed by atoms with Gasteiger partial charge in [0, 0.05) is 29.9 Å². The van der Waals surface area contributed by atoms with Crippen LogP contribution in [-0.4, -0.2) is 57.4 Å². The number of nitrogens with one attached hydrogen (secondary N) is 3. The summed E-state index contributed by atoms with van der Waals surface area (Å²) in [6.45, 7) is 11.3. The third-order valence-electron chi connectivity index (χ3n) is 6.27. The van der Waals surface area contributed by atoms with E-state index in [2.05, 4.69) is 22.2 Å². The molecule has 3 rings (SSSR count). The maximum absolute atomic E-state index is 14.4. The highest BCUT2D eigenvalue weighted by Gasteiger charge is 2.36. The number of nitrogens with zero attached hydrogens (tertiary/aromatic N) is 3. The van der Waals surface area contributed by atoms with E-state index >= 15 is 0 Å². The van der Waals surface area contributed by atoms with Crippen LogP contribution in [0.25, 0.3) is 0 Å². The van der Waals surface area contributed by atoms with Crippen LogP contribution >= 0.6 is 11.6 Å². The number of halogens is 2. The van der Waals surface area contributed by atoms with Crippen molar-refractivity contribution in [2.45, 2.75) is 51.9 Å². The Morgan fingerprint density at radius 1 is 1.36 bits per heavy atom. The number of nitrogen functional groups attached to an aromatic ring is 1. The van der Waals surface area contributed by atoms with Crippen LogP contribution in [-0.2, 0) is 23.8 Å². The minimum absolute atomic E-state index is 0.0688. The lowest BCUT2D eigenvalue weighted by Gasteiger charge is -2.23. The lowest BCUT2D eigenvalue weighted by Crippen LogP contribution is -2.42. The van der Waals surface area contributed by atoms with E-state index in [9.17, 15) is 14.0 Å². The monoisotopic (exact) mass is 517 g/mol. The van der Waals surface area contributed by atoms with Crippen LogP contribution in [0.1, 0.15) is 53.9 Å². The van der Waals surface area contributed by atoms with Crippen LogP contribution in [0.3, 0.4) is 0 Å². The van der Waals surface area contributed by atoms with Crippen LogP contribution in [0, 0.1) is 12.3 Å². The first-order valence-electron chi connectivity index (χ1n) is 11.5. The van der Waals surface area contributed by atoms with Crippen LogP contribution < -0.4 is 16.4 Å². The number of carbonyl (C=O) groups excluding carboxylic acids is 2. The van der Waals surface area contributed by atoms with Gasteiger partial charge in [-0.15, -0.1) is 0 Å². The largest absolute Gasteiger partial charge is 0.398 e. The highest BCUT2D eigenvalue weighted by atomic mass is 35.5. The first kappa shape index (κ1) is 27.2. The van der Waals surface area contributed by atoms with Crippen molar-refractivity contribution >= 4 is 34.9 Å². The molecule has 36 heavy (non-hydrogen) atoms. The van der Waals surface area contributed by atoms with E-state index in [-0.39, 0.29) is 42.5 Å². The SMILES string of the molecule is C=CC(=O)N1C[C@@H](F)[C@@H](NC(=O)c2c(C)nc(CNC(=N)c3cc(C(C)(C)C)c(Cl)cc3N)n2C)C1. The molecule has 1 aliphatic rings. The van der Waals surface area contributed by atoms with Crippen LogP contribution in [0.4, 0.5) is 10.1 Å². The third-order valence-corrected chi connectivity index (χ3v) is 6.58. The second-order valence-electron chi connectivity index (χ2n) is 9.96. The zero-order valence-electron chi connectivity index (χ0n) is 21.2. The zero-order valence-corrected chi connectivity index (χ0v) is 22.0. The second kappa shape index (κ2) is 10.3. The Labute approximate surface area is 215 Å². The van der Waals surface area contributed by atoms with E-state index in [1.54, 1.807) is 24.6 Å². The second-order valence-corrected chi connectivity index (χ2v) is 10.4. The van der Waals surface area contributed by atoms with Crippen LogP contribution in [0.2, 0.25) is 5.02 Å². The van der Waals surface area contributed by atoms with Crippen molar-refractivity contribution < 1.29 is 14.0 Å². The van der Waals surface area contributed by atoms with Gasteiger partial charge in [-0.2, -0.15) is 0 Å². The molecule has 0 aliphatic carbocycles. The molecule has 0 saturated carbocycles. The molecule has 9 nitrogen and oxygen atoms in total. The Morgan fingerprint density at radius 2 is 2.03 bits per heavy atom. The fourth-order valence-corrected chi connectivity index (χ4v) is 4.71. The van der Waals surface area contributed by atoms with Gasteiger partial charge in [0.1, 0.15) is 23.5 Å². The molecule has 5 N–H and O–H groups in total. The Kier molecular flexibility index (Phi) is 7.78. The molecule has 2 amide bonds. The molecule has 1 saturated heterocycles. The van der Waals surface area contributed by atoms with Crippen molar-refractivity contribution in [1.82, 2.24) is 25.1 Å². The molecule has 1 aromatic heterocycles. The number of anilines is 1. The Hall–Kier alpha value is -3.40. The van der Waals surface area contributed by atoms with Gasteiger partial charge in [0.05, 0.1) is 24.8 Å². The summed E-state index contributed by atoms with van der Waals surface area (Å²) in [4.78, 5) is 30.5. The molecule has 194 valence electrons. The Balaban J connectivity index is 1.72. The van der Waals surface area contributed by atoms with Crippen molar-refractivity contribution in [3.05, 3.63) is 58.1 Å². The van der Waals surface area contributed by atoms with Gasteiger partial charge in [-0.25, -0.2) is 9.37 Å².